The van der Waals surface area contributed by atoms with Crippen molar-refractivity contribution in [2.75, 3.05) is 0 Å². The van der Waals surface area contributed by atoms with Crippen LogP contribution in [0.4, 0.5) is 0 Å². The zero-order chi connectivity index (χ0) is 27.6. The smallest absolute Gasteiger partial charge is 0.178 e. The van der Waals surface area contributed by atoms with Gasteiger partial charge in [0.15, 0.2) is 17.2 Å². The van der Waals surface area contributed by atoms with Gasteiger partial charge in [0.1, 0.15) is 11.3 Å². The molecule has 4 heteroatoms. The van der Waals surface area contributed by atoms with Crippen LogP contribution in [0.2, 0.25) is 0 Å². The van der Waals surface area contributed by atoms with Gasteiger partial charge in [-0.05, 0) is 36.4 Å². The van der Waals surface area contributed by atoms with E-state index in [1.54, 1.807) is 0 Å². The maximum atomic E-state index is 6.60. The van der Waals surface area contributed by atoms with E-state index in [4.69, 9.17) is 19.1 Å². The molecular formula is C37H26N2O2. The summed E-state index contributed by atoms with van der Waals surface area (Å²) in [6, 6.07) is 41.3. The van der Waals surface area contributed by atoms with Gasteiger partial charge in [-0.2, -0.15) is 0 Å². The molecule has 0 atom stereocenters. The highest BCUT2D eigenvalue weighted by Gasteiger charge is 2.36. The van der Waals surface area contributed by atoms with Gasteiger partial charge in [-0.1, -0.05) is 98.8 Å². The van der Waals surface area contributed by atoms with E-state index in [1.165, 1.54) is 0 Å². The molecule has 196 valence electrons. The molecule has 41 heavy (non-hydrogen) atoms. The third kappa shape index (κ3) is 3.75. The number of furan rings is 1. The highest BCUT2D eigenvalue weighted by Crippen LogP contribution is 2.52. The molecule has 0 saturated carbocycles. The first-order chi connectivity index (χ1) is 20.1. The van der Waals surface area contributed by atoms with Crippen molar-refractivity contribution in [1.29, 1.82) is 0 Å². The SMILES string of the molecule is CC1(C)c2cc(-c3nc(-c4ccccc4)cc(-c4ccccc4)n3)ccc2Oc2c1ccc1c2oc2ccccc21. The predicted octanol–water partition coefficient (Wildman–Crippen LogP) is 9.81. The number of benzene rings is 5. The van der Waals surface area contributed by atoms with Gasteiger partial charge in [-0.25, -0.2) is 9.97 Å². The third-order valence-corrected chi connectivity index (χ3v) is 8.16. The summed E-state index contributed by atoms with van der Waals surface area (Å²) in [4.78, 5) is 10.1. The maximum Gasteiger partial charge on any atom is 0.178 e. The normalized spacial score (nSPS) is 13.5. The second kappa shape index (κ2) is 8.90. The summed E-state index contributed by atoms with van der Waals surface area (Å²) < 4.78 is 12.9. The van der Waals surface area contributed by atoms with Crippen molar-refractivity contribution in [3.63, 3.8) is 0 Å². The van der Waals surface area contributed by atoms with Crippen LogP contribution in [0.3, 0.4) is 0 Å². The Labute approximate surface area is 237 Å². The minimum Gasteiger partial charge on any atom is -0.453 e. The van der Waals surface area contributed by atoms with Crippen molar-refractivity contribution in [3.8, 4) is 45.4 Å². The lowest BCUT2D eigenvalue weighted by atomic mass is 9.75. The largest absolute Gasteiger partial charge is 0.453 e. The summed E-state index contributed by atoms with van der Waals surface area (Å²) in [5, 5.41) is 2.16. The Hall–Kier alpha value is -5.22. The van der Waals surface area contributed by atoms with Crippen LogP contribution in [0.1, 0.15) is 25.0 Å². The van der Waals surface area contributed by atoms with E-state index in [1.807, 2.05) is 60.7 Å². The van der Waals surface area contributed by atoms with Gasteiger partial charge in [0.05, 0.1) is 11.4 Å². The maximum absolute atomic E-state index is 6.60. The van der Waals surface area contributed by atoms with Gasteiger partial charge >= 0.3 is 0 Å². The second-order valence-corrected chi connectivity index (χ2v) is 11.0. The fourth-order valence-corrected chi connectivity index (χ4v) is 5.95. The Balaban J connectivity index is 1.28. The first-order valence-electron chi connectivity index (χ1n) is 13.8. The lowest BCUT2D eigenvalue weighted by Crippen LogP contribution is -2.24. The van der Waals surface area contributed by atoms with Crippen LogP contribution in [0, 0.1) is 0 Å². The molecule has 3 heterocycles. The average Bonchev–Trinajstić information content (AvgIpc) is 3.41. The minimum absolute atomic E-state index is 0.328. The predicted molar refractivity (Wildman–Crippen MR) is 164 cm³/mol. The quantitative estimate of drug-likeness (QED) is 0.228. The molecule has 0 N–H and O–H groups in total. The molecule has 0 bridgehead atoms. The molecule has 2 aromatic heterocycles. The molecule has 0 unspecified atom stereocenters. The number of rotatable bonds is 3. The summed E-state index contributed by atoms with van der Waals surface area (Å²) in [7, 11) is 0. The Bertz CT molecular complexity index is 2040. The lowest BCUT2D eigenvalue weighted by Gasteiger charge is -2.34. The van der Waals surface area contributed by atoms with Gasteiger partial charge in [0.25, 0.3) is 0 Å². The van der Waals surface area contributed by atoms with E-state index in [2.05, 4.69) is 74.5 Å². The Morgan fingerprint density at radius 3 is 1.93 bits per heavy atom. The van der Waals surface area contributed by atoms with Gasteiger partial charge in [0.2, 0.25) is 0 Å². The van der Waals surface area contributed by atoms with E-state index in [-0.39, 0.29) is 5.41 Å². The summed E-state index contributed by atoms with van der Waals surface area (Å²) in [5.41, 5.74) is 8.35. The number of hydrogen-bond acceptors (Lipinski definition) is 4. The van der Waals surface area contributed by atoms with Crippen LogP contribution < -0.4 is 4.74 Å². The van der Waals surface area contributed by atoms with Crippen LogP contribution in [-0.4, -0.2) is 9.97 Å². The molecule has 0 spiro atoms. The van der Waals surface area contributed by atoms with Crippen molar-refractivity contribution >= 4 is 21.9 Å². The fraction of sp³-hybridized carbons (Fsp3) is 0.0811. The number of ether oxygens (including phenoxy) is 1. The first kappa shape index (κ1) is 23.6. The molecule has 5 aromatic carbocycles. The van der Waals surface area contributed by atoms with E-state index >= 15 is 0 Å². The zero-order valence-electron chi connectivity index (χ0n) is 22.8. The number of para-hydroxylation sites is 1. The van der Waals surface area contributed by atoms with Crippen molar-refractivity contribution < 1.29 is 9.15 Å². The number of aromatic nitrogens is 2. The van der Waals surface area contributed by atoms with E-state index < -0.39 is 0 Å². The molecule has 0 radical (unpaired) electrons. The summed E-state index contributed by atoms with van der Waals surface area (Å²) in [5.74, 6) is 2.29. The van der Waals surface area contributed by atoms with Gasteiger partial charge < -0.3 is 9.15 Å². The van der Waals surface area contributed by atoms with Gasteiger partial charge in [-0.3, -0.25) is 0 Å². The van der Waals surface area contributed by atoms with Crippen LogP contribution in [0.15, 0.2) is 126 Å². The molecule has 1 aliphatic rings. The summed E-state index contributed by atoms with van der Waals surface area (Å²) in [6.45, 7) is 4.48. The van der Waals surface area contributed by atoms with Crippen LogP contribution >= 0.6 is 0 Å². The Morgan fingerprint density at radius 2 is 1.22 bits per heavy atom. The van der Waals surface area contributed by atoms with Crippen molar-refractivity contribution in [2.24, 2.45) is 0 Å². The molecule has 1 aliphatic heterocycles. The first-order valence-corrected chi connectivity index (χ1v) is 13.8. The highest BCUT2D eigenvalue weighted by molar-refractivity contribution is 6.07. The van der Waals surface area contributed by atoms with Crippen LogP contribution in [-0.2, 0) is 5.41 Å². The molecule has 0 fully saturated rings. The molecule has 0 saturated heterocycles. The van der Waals surface area contributed by atoms with E-state index in [0.29, 0.717) is 5.82 Å². The molecule has 0 aliphatic carbocycles. The van der Waals surface area contributed by atoms with Crippen molar-refractivity contribution in [1.82, 2.24) is 9.97 Å². The molecule has 8 rings (SSSR count). The Kier molecular flexibility index (Phi) is 5.13. The highest BCUT2D eigenvalue weighted by atomic mass is 16.5. The number of hydrogen-bond donors (Lipinski definition) is 0. The van der Waals surface area contributed by atoms with Gasteiger partial charge in [-0.15, -0.1) is 0 Å². The van der Waals surface area contributed by atoms with E-state index in [9.17, 15) is 0 Å². The standard InChI is InChI=1S/C37H26N2O2/c1-37(2)28-19-18-27-26-15-9-10-16-32(26)40-34(27)35(28)41-33-20-17-25(21-29(33)37)36-38-30(23-11-5-3-6-12-23)22-31(39-36)24-13-7-4-8-14-24/h3-22H,1-2H3. The topological polar surface area (TPSA) is 48.2 Å². The number of fused-ring (bicyclic) bond motifs is 6. The zero-order valence-corrected chi connectivity index (χ0v) is 22.8. The lowest BCUT2D eigenvalue weighted by molar-refractivity contribution is 0.415. The summed E-state index contributed by atoms with van der Waals surface area (Å²) in [6.07, 6.45) is 0. The van der Waals surface area contributed by atoms with Crippen molar-refractivity contribution in [2.45, 2.75) is 19.3 Å². The fourth-order valence-electron chi connectivity index (χ4n) is 5.95. The van der Waals surface area contributed by atoms with E-state index in [0.717, 1.165) is 72.6 Å². The van der Waals surface area contributed by atoms with Crippen LogP contribution in [0.5, 0.6) is 11.5 Å². The molecule has 4 nitrogen and oxygen atoms in total. The van der Waals surface area contributed by atoms with Crippen molar-refractivity contribution in [3.05, 3.63) is 132 Å². The minimum atomic E-state index is -0.328. The third-order valence-electron chi connectivity index (χ3n) is 8.16. The second-order valence-electron chi connectivity index (χ2n) is 11.0. The van der Waals surface area contributed by atoms with Crippen LogP contribution in [0.25, 0.3) is 55.8 Å². The monoisotopic (exact) mass is 530 g/mol. The molecule has 0 amide bonds. The molecular weight excluding hydrogens is 504 g/mol. The number of nitrogens with zero attached hydrogens (tertiary/aromatic N) is 2. The molecule has 7 aromatic rings. The summed E-state index contributed by atoms with van der Waals surface area (Å²) >= 11 is 0. The average molecular weight is 531 g/mol. The Morgan fingerprint density at radius 1 is 0.561 bits per heavy atom. The van der Waals surface area contributed by atoms with Gasteiger partial charge in [0, 0.05) is 44.0 Å².